The molecule has 1 aromatic carbocycles. The number of thiophene rings is 1. The van der Waals surface area contributed by atoms with Crippen LogP contribution in [0.25, 0.3) is 10.2 Å². The molecule has 0 aliphatic rings. The highest BCUT2D eigenvalue weighted by molar-refractivity contribution is 7.18. The Balaban J connectivity index is 1.96. The van der Waals surface area contributed by atoms with E-state index in [2.05, 4.69) is 23.0 Å². The van der Waals surface area contributed by atoms with Gasteiger partial charge in [0.2, 0.25) is 0 Å². The first-order valence-corrected chi connectivity index (χ1v) is 7.96. The van der Waals surface area contributed by atoms with Crippen molar-refractivity contribution < 1.29 is 4.74 Å². The van der Waals surface area contributed by atoms with Crippen LogP contribution in [0.4, 0.5) is 0 Å². The van der Waals surface area contributed by atoms with Gasteiger partial charge in [-0.05, 0) is 30.2 Å². The zero-order valence-corrected chi connectivity index (χ0v) is 13.5. The fourth-order valence-electron chi connectivity index (χ4n) is 2.20. The summed E-state index contributed by atoms with van der Waals surface area (Å²) in [4.78, 5) is 11.3. The number of fused-ring (bicyclic) bond motifs is 1. The number of nitrogens with zero attached hydrogens (tertiary/aromatic N) is 2. The minimum Gasteiger partial charge on any atom is -0.497 e. The van der Waals surface area contributed by atoms with Crippen LogP contribution in [-0.4, -0.2) is 17.1 Å². The summed E-state index contributed by atoms with van der Waals surface area (Å²) in [5.74, 6) is 1.58. The van der Waals surface area contributed by atoms with Crippen LogP contribution in [0.5, 0.6) is 5.75 Å². The Morgan fingerprint density at radius 2 is 2.10 bits per heavy atom. The summed E-state index contributed by atoms with van der Waals surface area (Å²) in [7, 11) is 1.66. The van der Waals surface area contributed by atoms with E-state index in [1.807, 2.05) is 24.3 Å². The van der Waals surface area contributed by atoms with Gasteiger partial charge in [0.25, 0.3) is 0 Å². The summed E-state index contributed by atoms with van der Waals surface area (Å²) in [6.45, 7) is 2.13. The molecule has 0 radical (unpaired) electrons. The van der Waals surface area contributed by atoms with Crippen molar-refractivity contribution in [3.63, 3.8) is 0 Å². The first kappa shape index (κ1) is 14.3. The Kier molecular flexibility index (Phi) is 4.08. The van der Waals surface area contributed by atoms with Gasteiger partial charge in [-0.3, -0.25) is 0 Å². The largest absolute Gasteiger partial charge is 0.497 e. The molecule has 0 spiro atoms. The number of hydrogen-bond acceptors (Lipinski definition) is 4. The van der Waals surface area contributed by atoms with Gasteiger partial charge in [0, 0.05) is 16.7 Å². The lowest BCUT2D eigenvalue weighted by atomic mass is 10.1. The molecule has 0 saturated heterocycles. The molecule has 21 heavy (non-hydrogen) atoms. The molecule has 5 heteroatoms. The standard InChI is InChI=1S/C16H15ClN2OS/c1-3-12-9-13-15(17)18-14(19-16(13)21-12)8-10-5-4-6-11(7-10)20-2/h4-7,9H,3,8H2,1-2H3. The lowest BCUT2D eigenvalue weighted by Crippen LogP contribution is -1.97. The number of benzene rings is 1. The number of halogens is 1. The Morgan fingerprint density at radius 3 is 2.86 bits per heavy atom. The molecular weight excluding hydrogens is 304 g/mol. The SMILES string of the molecule is CCc1cc2c(Cl)nc(Cc3cccc(OC)c3)nc2s1. The molecule has 0 aliphatic carbocycles. The number of ether oxygens (including phenoxy) is 1. The lowest BCUT2D eigenvalue weighted by Gasteiger charge is -2.04. The molecule has 0 atom stereocenters. The zero-order valence-electron chi connectivity index (χ0n) is 11.9. The highest BCUT2D eigenvalue weighted by Gasteiger charge is 2.10. The summed E-state index contributed by atoms with van der Waals surface area (Å²) in [5.41, 5.74) is 1.11. The Morgan fingerprint density at radius 1 is 1.24 bits per heavy atom. The van der Waals surface area contributed by atoms with Crippen molar-refractivity contribution >= 4 is 33.2 Å². The van der Waals surface area contributed by atoms with Gasteiger partial charge in [-0.15, -0.1) is 11.3 Å². The first-order valence-electron chi connectivity index (χ1n) is 6.77. The zero-order chi connectivity index (χ0) is 14.8. The maximum atomic E-state index is 6.29. The van der Waals surface area contributed by atoms with Gasteiger partial charge in [-0.25, -0.2) is 9.97 Å². The summed E-state index contributed by atoms with van der Waals surface area (Å²) < 4.78 is 5.24. The van der Waals surface area contributed by atoms with Gasteiger partial charge in [-0.2, -0.15) is 0 Å². The van der Waals surface area contributed by atoms with Crippen LogP contribution in [0.3, 0.4) is 0 Å². The molecule has 3 rings (SSSR count). The van der Waals surface area contributed by atoms with E-state index in [-0.39, 0.29) is 0 Å². The van der Waals surface area contributed by atoms with Gasteiger partial charge >= 0.3 is 0 Å². The maximum Gasteiger partial charge on any atom is 0.141 e. The molecule has 0 amide bonds. The Labute approximate surface area is 132 Å². The fourth-order valence-corrected chi connectivity index (χ4v) is 3.48. The van der Waals surface area contributed by atoms with Gasteiger partial charge in [0.1, 0.15) is 21.6 Å². The normalized spacial score (nSPS) is 11.0. The van der Waals surface area contributed by atoms with Gasteiger partial charge in [0.15, 0.2) is 0 Å². The molecule has 2 heterocycles. The maximum absolute atomic E-state index is 6.29. The number of methoxy groups -OCH3 is 1. The van der Waals surface area contributed by atoms with Crippen molar-refractivity contribution in [2.75, 3.05) is 7.11 Å². The number of aromatic nitrogens is 2. The topological polar surface area (TPSA) is 35.0 Å². The van der Waals surface area contributed by atoms with Gasteiger partial charge in [0.05, 0.1) is 7.11 Å². The quantitative estimate of drug-likeness (QED) is 0.664. The molecule has 2 aromatic heterocycles. The molecule has 0 fully saturated rings. The predicted molar refractivity (Wildman–Crippen MR) is 87.6 cm³/mol. The fraction of sp³-hybridized carbons (Fsp3) is 0.250. The summed E-state index contributed by atoms with van der Waals surface area (Å²) in [6, 6.07) is 10.0. The number of aryl methyl sites for hydroxylation is 1. The van der Waals surface area contributed by atoms with E-state index in [1.165, 1.54) is 4.88 Å². The molecule has 108 valence electrons. The second kappa shape index (κ2) is 6.00. The number of hydrogen-bond donors (Lipinski definition) is 0. The van der Waals surface area contributed by atoms with E-state index in [0.717, 1.165) is 33.8 Å². The third-order valence-electron chi connectivity index (χ3n) is 3.29. The number of rotatable bonds is 4. The minimum absolute atomic E-state index is 0.536. The van der Waals surface area contributed by atoms with Crippen LogP contribution in [0, 0.1) is 0 Å². The molecule has 0 saturated carbocycles. The minimum atomic E-state index is 0.536. The third kappa shape index (κ3) is 3.01. The van der Waals surface area contributed by atoms with Gasteiger partial charge < -0.3 is 4.74 Å². The van der Waals surface area contributed by atoms with E-state index < -0.39 is 0 Å². The summed E-state index contributed by atoms with van der Waals surface area (Å²) in [6.07, 6.45) is 1.63. The molecule has 3 aromatic rings. The average Bonchev–Trinajstić information content (AvgIpc) is 2.91. The summed E-state index contributed by atoms with van der Waals surface area (Å²) >= 11 is 7.97. The van der Waals surface area contributed by atoms with Crippen molar-refractivity contribution in [2.24, 2.45) is 0 Å². The molecular formula is C16H15ClN2OS. The van der Waals surface area contributed by atoms with Crippen molar-refractivity contribution in [2.45, 2.75) is 19.8 Å². The van der Waals surface area contributed by atoms with Gasteiger partial charge in [-0.1, -0.05) is 30.7 Å². The van der Waals surface area contributed by atoms with Crippen LogP contribution in [0.1, 0.15) is 23.2 Å². The molecule has 0 unspecified atom stereocenters. The molecule has 0 N–H and O–H groups in total. The first-order chi connectivity index (χ1) is 10.2. The lowest BCUT2D eigenvalue weighted by molar-refractivity contribution is 0.414. The van der Waals surface area contributed by atoms with E-state index in [9.17, 15) is 0 Å². The smallest absolute Gasteiger partial charge is 0.141 e. The van der Waals surface area contributed by atoms with E-state index >= 15 is 0 Å². The van der Waals surface area contributed by atoms with Crippen LogP contribution in [0.2, 0.25) is 5.15 Å². The van der Waals surface area contributed by atoms with Crippen LogP contribution in [0.15, 0.2) is 30.3 Å². The van der Waals surface area contributed by atoms with Crippen molar-refractivity contribution in [1.29, 1.82) is 0 Å². The Hall–Kier alpha value is -1.65. The average molecular weight is 319 g/mol. The monoisotopic (exact) mass is 318 g/mol. The molecule has 3 nitrogen and oxygen atoms in total. The highest BCUT2D eigenvalue weighted by Crippen LogP contribution is 2.29. The second-order valence-electron chi connectivity index (χ2n) is 4.74. The molecule has 0 aliphatic heterocycles. The second-order valence-corrected chi connectivity index (χ2v) is 6.22. The summed E-state index contributed by atoms with van der Waals surface area (Å²) in [5, 5.41) is 1.49. The highest BCUT2D eigenvalue weighted by atomic mass is 35.5. The third-order valence-corrected chi connectivity index (χ3v) is 4.75. The van der Waals surface area contributed by atoms with Crippen LogP contribution < -0.4 is 4.74 Å². The van der Waals surface area contributed by atoms with Crippen molar-refractivity contribution in [1.82, 2.24) is 9.97 Å². The van der Waals surface area contributed by atoms with Crippen LogP contribution in [-0.2, 0) is 12.8 Å². The van der Waals surface area contributed by atoms with E-state index in [1.54, 1.807) is 18.4 Å². The predicted octanol–water partition coefficient (Wildman–Crippen LogP) is 4.51. The molecule has 0 bridgehead atoms. The Bertz CT molecular complexity index is 785. The van der Waals surface area contributed by atoms with Crippen LogP contribution >= 0.6 is 22.9 Å². The van der Waals surface area contributed by atoms with Crippen molar-refractivity contribution in [3.8, 4) is 5.75 Å². The van der Waals surface area contributed by atoms with E-state index in [0.29, 0.717) is 11.6 Å². The van der Waals surface area contributed by atoms with E-state index in [4.69, 9.17) is 16.3 Å². The van der Waals surface area contributed by atoms with Crippen molar-refractivity contribution in [3.05, 3.63) is 51.7 Å².